The van der Waals surface area contributed by atoms with Gasteiger partial charge in [0, 0.05) is 22.3 Å². The molecule has 0 amide bonds. The molecular formula is C20H14O3. The predicted molar refractivity (Wildman–Crippen MR) is 87.6 cm³/mol. The number of aryl methyl sites for hydroxylation is 1. The Hall–Kier alpha value is -2.94. The summed E-state index contributed by atoms with van der Waals surface area (Å²) in [6.07, 6.45) is 1.77. The molecule has 4 rings (SSSR count). The summed E-state index contributed by atoms with van der Waals surface area (Å²) >= 11 is 0. The average molecular weight is 302 g/mol. The molecule has 0 bridgehead atoms. The highest BCUT2D eigenvalue weighted by molar-refractivity contribution is 6.42. The summed E-state index contributed by atoms with van der Waals surface area (Å²) in [5, 5.41) is 0. The molecule has 3 heteroatoms. The molecule has 1 aliphatic heterocycles. The Bertz CT molecular complexity index is 908. The molecule has 2 aromatic carbocycles. The molecule has 112 valence electrons. The summed E-state index contributed by atoms with van der Waals surface area (Å²) in [5.41, 5.74) is 3.69. The van der Waals surface area contributed by atoms with Crippen molar-refractivity contribution in [2.75, 3.05) is 0 Å². The number of allylic oxidation sites excluding steroid dienone is 4. The Morgan fingerprint density at radius 2 is 1.48 bits per heavy atom. The van der Waals surface area contributed by atoms with Gasteiger partial charge in [0.05, 0.1) is 5.57 Å². The van der Waals surface area contributed by atoms with Crippen LogP contribution in [0.1, 0.15) is 38.8 Å². The van der Waals surface area contributed by atoms with Gasteiger partial charge >= 0.3 is 0 Å². The van der Waals surface area contributed by atoms with E-state index in [1.54, 1.807) is 30.3 Å². The highest BCUT2D eigenvalue weighted by atomic mass is 16.5. The lowest BCUT2D eigenvalue weighted by atomic mass is 9.93. The van der Waals surface area contributed by atoms with Crippen LogP contribution in [0.4, 0.5) is 0 Å². The summed E-state index contributed by atoms with van der Waals surface area (Å²) < 4.78 is 5.75. The minimum Gasteiger partial charge on any atom is -0.461 e. The predicted octanol–water partition coefficient (Wildman–Crippen LogP) is 4.12. The van der Waals surface area contributed by atoms with E-state index in [1.807, 2.05) is 32.0 Å². The molecular weight excluding hydrogens is 288 g/mol. The largest absolute Gasteiger partial charge is 0.461 e. The van der Waals surface area contributed by atoms with Gasteiger partial charge in [0.15, 0.2) is 11.6 Å². The van der Waals surface area contributed by atoms with Crippen molar-refractivity contribution in [2.24, 2.45) is 0 Å². The second-order valence-corrected chi connectivity index (χ2v) is 5.85. The lowest BCUT2D eigenvalue weighted by Gasteiger charge is -2.19. The molecule has 0 saturated heterocycles. The topological polar surface area (TPSA) is 43.4 Å². The molecule has 0 radical (unpaired) electrons. The Morgan fingerprint density at radius 1 is 0.826 bits per heavy atom. The quantitative estimate of drug-likeness (QED) is 0.543. The van der Waals surface area contributed by atoms with Crippen LogP contribution >= 0.6 is 0 Å². The van der Waals surface area contributed by atoms with Crippen molar-refractivity contribution in [3.8, 4) is 5.75 Å². The third-order valence-electron chi connectivity index (χ3n) is 4.19. The Kier molecular flexibility index (Phi) is 2.85. The lowest BCUT2D eigenvalue weighted by molar-refractivity contribution is 0.0990. The van der Waals surface area contributed by atoms with E-state index in [2.05, 4.69) is 0 Å². The minimum atomic E-state index is -0.210. The number of ether oxygens (including phenoxy) is 1. The van der Waals surface area contributed by atoms with Crippen molar-refractivity contribution in [1.82, 2.24) is 0 Å². The second-order valence-electron chi connectivity index (χ2n) is 5.85. The van der Waals surface area contributed by atoms with Crippen LogP contribution in [0.25, 0.3) is 5.57 Å². The van der Waals surface area contributed by atoms with Crippen LogP contribution in [0.5, 0.6) is 5.75 Å². The summed E-state index contributed by atoms with van der Waals surface area (Å²) in [6.45, 7) is 3.80. The van der Waals surface area contributed by atoms with Crippen LogP contribution in [-0.4, -0.2) is 11.6 Å². The van der Waals surface area contributed by atoms with Gasteiger partial charge in [-0.1, -0.05) is 36.4 Å². The van der Waals surface area contributed by atoms with E-state index in [-0.39, 0.29) is 17.1 Å². The number of rotatable bonds is 0. The first-order chi connectivity index (χ1) is 11.1. The number of Topliss-reactive ketones (excluding diaryl/α,β-unsaturated/α-hetero) is 2. The summed E-state index contributed by atoms with van der Waals surface area (Å²) in [5.74, 6) is 0.933. The number of ketones is 2. The monoisotopic (exact) mass is 302 g/mol. The van der Waals surface area contributed by atoms with Crippen molar-refractivity contribution in [2.45, 2.75) is 13.8 Å². The Balaban J connectivity index is 2.00. The molecule has 1 aliphatic carbocycles. The molecule has 0 saturated carbocycles. The molecule has 0 fully saturated rings. The van der Waals surface area contributed by atoms with Gasteiger partial charge in [-0.05, 0) is 31.6 Å². The van der Waals surface area contributed by atoms with E-state index in [1.165, 1.54) is 0 Å². The van der Waals surface area contributed by atoms with Crippen molar-refractivity contribution >= 4 is 17.1 Å². The Morgan fingerprint density at radius 3 is 2.13 bits per heavy atom. The van der Waals surface area contributed by atoms with E-state index < -0.39 is 0 Å². The van der Waals surface area contributed by atoms with Gasteiger partial charge in [-0.15, -0.1) is 0 Å². The standard InChI is InChI=1S/C20H14O3/c1-11-7-8-13-16(10-12(2)23-17(13)9-11)18-19(21)14-5-3-4-6-15(14)20(18)22/h3-10H,1-2H3. The van der Waals surface area contributed by atoms with Crippen molar-refractivity contribution in [1.29, 1.82) is 0 Å². The van der Waals surface area contributed by atoms with Crippen molar-refractivity contribution in [3.05, 3.63) is 82.1 Å². The lowest BCUT2D eigenvalue weighted by Crippen LogP contribution is -2.09. The zero-order chi connectivity index (χ0) is 16.1. The smallest absolute Gasteiger partial charge is 0.198 e. The molecule has 2 aliphatic rings. The molecule has 0 spiro atoms. The number of fused-ring (bicyclic) bond motifs is 2. The molecule has 0 unspecified atom stereocenters. The van der Waals surface area contributed by atoms with Crippen LogP contribution in [0.15, 0.2) is 59.9 Å². The highest BCUT2D eigenvalue weighted by Crippen LogP contribution is 2.40. The summed E-state index contributed by atoms with van der Waals surface area (Å²) in [7, 11) is 0. The van der Waals surface area contributed by atoms with Crippen molar-refractivity contribution in [3.63, 3.8) is 0 Å². The number of benzene rings is 2. The fourth-order valence-corrected chi connectivity index (χ4v) is 3.12. The molecule has 2 aromatic rings. The Labute approximate surface area is 133 Å². The number of carbonyl (C=O) groups excluding carboxylic acids is 2. The average Bonchev–Trinajstić information content (AvgIpc) is 2.78. The van der Waals surface area contributed by atoms with Crippen LogP contribution in [0.3, 0.4) is 0 Å². The van der Waals surface area contributed by atoms with Crippen molar-refractivity contribution < 1.29 is 14.3 Å². The van der Waals surface area contributed by atoms with Crippen LogP contribution in [0.2, 0.25) is 0 Å². The molecule has 0 atom stereocenters. The first-order valence-corrected chi connectivity index (χ1v) is 7.46. The van der Waals surface area contributed by atoms with Crippen LogP contribution < -0.4 is 4.74 Å². The van der Waals surface area contributed by atoms with E-state index in [9.17, 15) is 9.59 Å². The highest BCUT2D eigenvalue weighted by Gasteiger charge is 2.36. The molecule has 23 heavy (non-hydrogen) atoms. The van der Waals surface area contributed by atoms with Gasteiger partial charge in [0.1, 0.15) is 11.5 Å². The molecule has 1 heterocycles. The summed E-state index contributed by atoms with van der Waals surface area (Å²) in [4.78, 5) is 25.5. The van der Waals surface area contributed by atoms with Gasteiger partial charge in [-0.25, -0.2) is 0 Å². The normalized spacial score (nSPS) is 16.0. The van der Waals surface area contributed by atoms with E-state index in [4.69, 9.17) is 4.74 Å². The number of hydrogen-bond acceptors (Lipinski definition) is 3. The zero-order valence-corrected chi connectivity index (χ0v) is 12.8. The van der Waals surface area contributed by atoms with Gasteiger partial charge < -0.3 is 4.74 Å². The first-order valence-electron chi connectivity index (χ1n) is 7.46. The zero-order valence-electron chi connectivity index (χ0n) is 12.8. The molecule has 0 aromatic heterocycles. The van der Waals surface area contributed by atoms with E-state index >= 15 is 0 Å². The maximum absolute atomic E-state index is 12.7. The van der Waals surface area contributed by atoms with Crippen LogP contribution in [-0.2, 0) is 0 Å². The van der Waals surface area contributed by atoms with Gasteiger partial charge in [0.2, 0.25) is 0 Å². The maximum atomic E-state index is 12.7. The van der Waals surface area contributed by atoms with Gasteiger partial charge in [0.25, 0.3) is 0 Å². The second kappa shape index (κ2) is 4.78. The van der Waals surface area contributed by atoms with Gasteiger partial charge in [-0.2, -0.15) is 0 Å². The summed E-state index contributed by atoms with van der Waals surface area (Å²) in [6, 6.07) is 12.7. The molecule has 0 N–H and O–H groups in total. The van der Waals surface area contributed by atoms with E-state index in [0.29, 0.717) is 28.2 Å². The minimum absolute atomic E-state index is 0.210. The molecule has 3 nitrogen and oxygen atoms in total. The SMILES string of the molecule is CC1=CC(=C2C(=O)c3ccccc3C2=O)c2ccc(C)cc2O1. The third kappa shape index (κ3) is 1.97. The fraction of sp³-hybridized carbons (Fsp3) is 0.100. The maximum Gasteiger partial charge on any atom is 0.198 e. The fourth-order valence-electron chi connectivity index (χ4n) is 3.12. The number of hydrogen-bond donors (Lipinski definition) is 0. The first kappa shape index (κ1) is 13.7. The number of carbonyl (C=O) groups is 2. The van der Waals surface area contributed by atoms with Crippen LogP contribution in [0, 0.1) is 6.92 Å². The van der Waals surface area contributed by atoms with E-state index in [0.717, 1.165) is 11.1 Å². The third-order valence-corrected chi connectivity index (χ3v) is 4.19. The van der Waals surface area contributed by atoms with Gasteiger partial charge in [-0.3, -0.25) is 9.59 Å².